The molecule has 0 aliphatic rings. The van der Waals surface area contributed by atoms with E-state index in [0.717, 1.165) is 120 Å². The van der Waals surface area contributed by atoms with E-state index in [2.05, 4.69) is 55.4 Å². The van der Waals surface area contributed by atoms with Crippen LogP contribution in [0.1, 0.15) is 351 Å². The molecule has 3 N–H and O–H groups in total. The minimum atomic E-state index is -4.95. The molecule has 0 aliphatic heterocycles. The van der Waals surface area contributed by atoms with Gasteiger partial charge in [0.05, 0.1) is 26.4 Å². The molecule has 0 aromatic carbocycles. The zero-order valence-corrected chi connectivity index (χ0v) is 60.6. The number of aliphatic hydroxyl groups is 1. The van der Waals surface area contributed by atoms with Crippen LogP contribution < -0.4 is 0 Å². The van der Waals surface area contributed by atoms with Crippen LogP contribution in [0.15, 0.2) is 0 Å². The number of esters is 4. The number of phosphoric ester groups is 2. The van der Waals surface area contributed by atoms with Crippen LogP contribution >= 0.6 is 15.6 Å². The highest BCUT2D eigenvalue weighted by atomic mass is 31.2. The molecule has 4 unspecified atom stereocenters. The van der Waals surface area contributed by atoms with Crippen LogP contribution in [0.3, 0.4) is 0 Å². The summed E-state index contributed by atoms with van der Waals surface area (Å²) < 4.78 is 68.3. The number of phosphoric acid groups is 2. The van der Waals surface area contributed by atoms with Crippen molar-refractivity contribution in [2.75, 3.05) is 39.6 Å². The largest absolute Gasteiger partial charge is 0.472 e. The molecule has 0 saturated heterocycles. The van der Waals surface area contributed by atoms with Crippen LogP contribution in [0, 0.1) is 23.7 Å². The summed E-state index contributed by atoms with van der Waals surface area (Å²) in [4.78, 5) is 72.5. The highest BCUT2D eigenvalue weighted by molar-refractivity contribution is 7.47. The van der Waals surface area contributed by atoms with E-state index in [-0.39, 0.29) is 25.7 Å². The highest BCUT2D eigenvalue weighted by Gasteiger charge is 2.30. The molecule has 534 valence electrons. The number of carbonyl (C=O) groups is 4. The van der Waals surface area contributed by atoms with E-state index in [1.807, 2.05) is 0 Å². The lowest BCUT2D eigenvalue weighted by Gasteiger charge is -2.21. The Balaban J connectivity index is 5.21. The lowest BCUT2D eigenvalue weighted by atomic mass is 10.00. The SMILES string of the molecule is CCC(C)CCCCCCCCC(=O)OC[C@H](COP(=O)(O)OC[C@H](O)COP(=O)(O)OC[C@@H](COC(=O)CCCCCCCCCCCCCCCCCC(C)C)OC(=O)CCCCCCCCCCCC(C)C)OC(=O)CCCCCCCCC(C)CC. The molecular weight excluding hydrogens is 1190 g/mol. The van der Waals surface area contributed by atoms with E-state index < -0.39 is 97.5 Å². The second kappa shape index (κ2) is 60.7. The highest BCUT2D eigenvalue weighted by Crippen LogP contribution is 2.45. The maximum Gasteiger partial charge on any atom is 0.472 e. The van der Waals surface area contributed by atoms with Crippen molar-refractivity contribution in [3.05, 3.63) is 0 Å². The predicted molar refractivity (Wildman–Crippen MR) is 363 cm³/mol. The van der Waals surface area contributed by atoms with Crippen molar-refractivity contribution >= 4 is 39.5 Å². The van der Waals surface area contributed by atoms with Crippen molar-refractivity contribution in [2.24, 2.45) is 23.7 Å². The van der Waals surface area contributed by atoms with Crippen LogP contribution in [-0.2, 0) is 65.4 Å². The maximum absolute atomic E-state index is 13.0. The number of carbonyl (C=O) groups excluding carboxylic acids is 4. The molecule has 0 aliphatic carbocycles. The molecule has 90 heavy (non-hydrogen) atoms. The third-order valence-electron chi connectivity index (χ3n) is 17.0. The molecule has 17 nitrogen and oxygen atoms in total. The fourth-order valence-corrected chi connectivity index (χ4v) is 12.2. The van der Waals surface area contributed by atoms with Crippen LogP contribution in [0.2, 0.25) is 0 Å². The monoisotopic (exact) mass is 1320 g/mol. The molecule has 0 heterocycles. The van der Waals surface area contributed by atoms with E-state index in [1.165, 1.54) is 148 Å². The molecule has 0 aromatic heterocycles. The molecule has 0 aromatic rings. The van der Waals surface area contributed by atoms with Crippen LogP contribution in [0.25, 0.3) is 0 Å². The number of ether oxygens (including phenoxy) is 4. The number of hydrogen-bond donors (Lipinski definition) is 3. The van der Waals surface area contributed by atoms with E-state index in [1.54, 1.807) is 0 Å². The summed E-state index contributed by atoms with van der Waals surface area (Å²) in [6, 6.07) is 0. The first-order valence-electron chi connectivity index (χ1n) is 36.8. The van der Waals surface area contributed by atoms with Gasteiger partial charge in [-0.3, -0.25) is 37.3 Å². The molecule has 0 rings (SSSR count). The van der Waals surface area contributed by atoms with Crippen molar-refractivity contribution < 1.29 is 80.2 Å². The summed E-state index contributed by atoms with van der Waals surface area (Å²) in [6.07, 6.45) is 43.2. The fraction of sp³-hybridized carbons (Fsp3) is 0.944. The quantitative estimate of drug-likeness (QED) is 0.0222. The fourth-order valence-electron chi connectivity index (χ4n) is 10.6. The standard InChI is InChI=1S/C71H138O17P2/c1-9-63(7)49-41-33-27-29-36-44-52-69(74)82-58-67(88-71(76)54-46-38-30-28-34-42-50-64(8)10-2)60-86-90(79,80)84-56-65(72)55-83-89(77,78)85-59-66(87-70(75)53-45-37-26-22-18-20-24-32-40-48-62(5)6)57-81-68(73)51-43-35-25-21-17-15-13-11-12-14-16-19-23-31-39-47-61(3)4/h61-67,72H,9-60H2,1-8H3,(H,77,78)(H,79,80)/t63?,64?,65-,66-,67-/m1/s1. The van der Waals surface area contributed by atoms with Gasteiger partial charge in [0.1, 0.15) is 19.3 Å². The first-order chi connectivity index (χ1) is 43.2. The minimum Gasteiger partial charge on any atom is -0.462 e. The Morgan fingerprint density at radius 3 is 0.789 bits per heavy atom. The Morgan fingerprint density at radius 1 is 0.311 bits per heavy atom. The smallest absolute Gasteiger partial charge is 0.462 e. The minimum absolute atomic E-state index is 0.102. The average molecular weight is 1330 g/mol. The molecular formula is C71H138O17P2. The molecule has 0 spiro atoms. The van der Waals surface area contributed by atoms with Crippen LogP contribution in [-0.4, -0.2) is 96.7 Å². The van der Waals surface area contributed by atoms with E-state index in [9.17, 15) is 43.2 Å². The zero-order chi connectivity index (χ0) is 66.8. The normalized spacial score (nSPS) is 14.9. The Bertz CT molecular complexity index is 1790. The van der Waals surface area contributed by atoms with E-state index in [4.69, 9.17) is 37.0 Å². The second-order valence-electron chi connectivity index (χ2n) is 27.1. The molecule has 0 fully saturated rings. The predicted octanol–water partition coefficient (Wildman–Crippen LogP) is 20.1. The van der Waals surface area contributed by atoms with Crippen molar-refractivity contribution in [1.82, 2.24) is 0 Å². The summed E-state index contributed by atoms with van der Waals surface area (Å²) in [5.74, 6) is 0.861. The van der Waals surface area contributed by atoms with E-state index in [0.29, 0.717) is 25.7 Å². The maximum atomic E-state index is 13.0. The summed E-state index contributed by atoms with van der Waals surface area (Å²) in [5, 5.41) is 10.6. The van der Waals surface area contributed by atoms with Gasteiger partial charge in [0.15, 0.2) is 12.2 Å². The number of unbranched alkanes of at least 4 members (excludes halogenated alkanes) is 32. The van der Waals surface area contributed by atoms with Gasteiger partial charge in [0, 0.05) is 25.7 Å². The lowest BCUT2D eigenvalue weighted by molar-refractivity contribution is -0.161. The summed E-state index contributed by atoms with van der Waals surface area (Å²) in [7, 11) is -9.90. The van der Waals surface area contributed by atoms with Gasteiger partial charge in [-0.15, -0.1) is 0 Å². The molecule has 19 heteroatoms. The van der Waals surface area contributed by atoms with Gasteiger partial charge in [-0.1, -0.05) is 299 Å². The first kappa shape index (κ1) is 88.1. The van der Waals surface area contributed by atoms with Crippen LogP contribution in [0.4, 0.5) is 0 Å². The summed E-state index contributed by atoms with van der Waals surface area (Å²) in [6.45, 7) is 14.1. The topological polar surface area (TPSA) is 237 Å². The van der Waals surface area contributed by atoms with Gasteiger partial charge in [-0.05, 0) is 49.4 Å². The Kier molecular flexibility index (Phi) is 59.4. The molecule has 0 bridgehead atoms. The molecule has 0 saturated carbocycles. The molecule has 7 atom stereocenters. The average Bonchev–Trinajstić information content (AvgIpc) is 3.44. The van der Waals surface area contributed by atoms with Crippen LogP contribution in [0.5, 0.6) is 0 Å². The Hall–Kier alpha value is -1.94. The zero-order valence-electron chi connectivity index (χ0n) is 58.8. The van der Waals surface area contributed by atoms with Crippen molar-refractivity contribution in [1.29, 1.82) is 0 Å². The second-order valence-corrected chi connectivity index (χ2v) is 30.0. The van der Waals surface area contributed by atoms with Gasteiger partial charge in [-0.2, -0.15) is 0 Å². The lowest BCUT2D eigenvalue weighted by Crippen LogP contribution is -2.30. The van der Waals surface area contributed by atoms with Gasteiger partial charge in [0.2, 0.25) is 0 Å². The number of aliphatic hydroxyl groups excluding tert-OH is 1. The van der Waals surface area contributed by atoms with Crippen molar-refractivity contribution in [3.63, 3.8) is 0 Å². The van der Waals surface area contributed by atoms with Gasteiger partial charge >= 0.3 is 39.5 Å². The Morgan fingerprint density at radius 2 is 0.533 bits per heavy atom. The summed E-state index contributed by atoms with van der Waals surface area (Å²) >= 11 is 0. The molecule has 0 radical (unpaired) electrons. The van der Waals surface area contributed by atoms with Gasteiger partial charge in [-0.25, -0.2) is 9.13 Å². The third-order valence-corrected chi connectivity index (χ3v) is 18.9. The van der Waals surface area contributed by atoms with Crippen molar-refractivity contribution in [2.45, 2.75) is 369 Å². The Labute approximate surface area is 549 Å². The van der Waals surface area contributed by atoms with Gasteiger partial charge < -0.3 is 33.8 Å². The van der Waals surface area contributed by atoms with Gasteiger partial charge in [0.25, 0.3) is 0 Å². The number of rotatable bonds is 68. The van der Waals surface area contributed by atoms with Crippen molar-refractivity contribution in [3.8, 4) is 0 Å². The number of hydrogen-bond acceptors (Lipinski definition) is 15. The van der Waals surface area contributed by atoms with E-state index >= 15 is 0 Å². The molecule has 0 amide bonds. The first-order valence-corrected chi connectivity index (χ1v) is 39.8. The third kappa shape index (κ3) is 62.2. The summed E-state index contributed by atoms with van der Waals surface area (Å²) in [5.41, 5.74) is 0.